The quantitative estimate of drug-likeness (QED) is 0.488. The Morgan fingerprint density at radius 3 is 2.59 bits per heavy atom. The molecule has 17 heavy (non-hydrogen) atoms. The number of benzene rings is 1. The van der Waals surface area contributed by atoms with Gasteiger partial charge < -0.3 is 5.21 Å². The van der Waals surface area contributed by atoms with Crippen molar-refractivity contribution in [1.29, 1.82) is 0 Å². The van der Waals surface area contributed by atoms with E-state index in [0.717, 1.165) is 5.69 Å². The Bertz CT molecular complexity index is 679. The highest BCUT2D eigenvalue weighted by Crippen LogP contribution is 2.23. The predicted molar refractivity (Wildman–Crippen MR) is 65.0 cm³/mol. The maximum Gasteiger partial charge on any atom is 0.362 e. The molecule has 0 atom stereocenters. The Kier molecular flexibility index (Phi) is 2.23. The molecule has 5 heteroatoms. The van der Waals surface area contributed by atoms with Gasteiger partial charge in [-0.15, -0.1) is 4.68 Å². The molecule has 0 radical (unpaired) electrons. The fraction of sp³-hybridized carbons (Fsp3) is 0. The number of hydrogen-bond acceptors (Lipinski definition) is 2. The van der Waals surface area contributed by atoms with Crippen LogP contribution in [-0.4, -0.2) is 9.78 Å². The molecule has 84 valence electrons. The molecule has 0 saturated carbocycles. The molecule has 2 heterocycles. The summed E-state index contributed by atoms with van der Waals surface area (Å²) in [5, 5.41) is 16.9. The number of pyridine rings is 1. The minimum Gasteiger partial charge on any atom is -0.710 e. The SMILES string of the molecule is [O-][n+]1cccc2c(Cl)n(-c3ccccc3)nc21. The van der Waals surface area contributed by atoms with E-state index >= 15 is 0 Å². The first-order valence-corrected chi connectivity index (χ1v) is 5.47. The zero-order valence-corrected chi connectivity index (χ0v) is 9.50. The highest BCUT2D eigenvalue weighted by atomic mass is 35.5. The summed E-state index contributed by atoms with van der Waals surface area (Å²) in [6, 6.07) is 12.9. The van der Waals surface area contributed by atoms with Gasteiger partial charge >= 0.3 is 5.65 Å². The van der Waals surface area contributed by atoms with Crippen molar-refractivity contribution in [3.8, 4) is 5.69 Å². The molecule has 3 aromatic rings. The summed E-state index contributed by atoms with van der Waals surface area (Å²) in [6.07, 6.45) is 1.40. The third-order valence-electron chi connectivity index (χ3n) is 2.54. The fourth-order valence-electron chi connectivity index (χ4n) is 1.73. The van der Waals surface area contributed by atoms with Crippen LogP contribution in [0.1, 0.15) is 0 Å². The van der Waals surface area contributed by atoms with Gasteiger partial charge in [-0.25, -0.2) is 4.73 Å². The lowest BCUT2D eigenvalue weighted by Gasteiger charge is -1.97. The average Bonchev–Trinajstić information content (AvgIpc) is 2.70. The molecule has 3 rings (SSSR count). The normalized spacial score (nSPS) is 10.9. The Morgan fingerprint density at radius 1 is 1.12 bits per heavy atom. The first kappa shape index (κ1) is 10.1. The smallest absolute Gasteiger partial charge is 0.362 e. The summed E-state index contributed by atoms with van der Waals surface area (Å²) in [7, 11) is 0. The first-order chi connectivity index (χ1) is 8.27. The van der Waals surface area contributed by atoms with Crippen molar-refractivity contribution in [3.05, 3.63) is 59.0 Å². The number of fused-ring (bicyclic) bond motifs is 1. The first-order valence-electron chi connectivity index (χ1n) is 5.09. The van der Waals surface area contributed by atoms with Crippen LogP contribution < -0.4 is 4.73 Å². The van der Waals surface area contributed by atoms with E-state index in [0.29, 0.717) is 20.9 Å². The molecule has 0 N–H and O–H groups in total. The molecule has 0 spiro atoms. The van der Waals surface area contributed by atoms with E-state index in [1.807, 2.05) is 30.3 Å². The van der Waals surface area contributed by atoms with Crippen molar-refractivity contribution in [2.24, 2.45) is 0 Å². The Labute approximate surface area is 102 Å². The van der Waals surface area contributed by atoms with Gasteiger partial charge in [0.25, 0.3) is 0 Å². The van der Waals surface area contributed by atoms with Gasteiger partial charge in [-0.1, -0.05) is 29.8 Å². The highest BCUT2D eigenvalue weighted by Gasteiger charge is 2.18. The third-order valence-corrected chi connectivity index (χ3v) is 2.90. The second kappa shape index (κ2) is 3.75. The molecule has 0 aliphatic heterocycles. The zero-order chi connectivity index (χ0) is 11.8. The summed E-state index contributed by atoms with van der Waals surface area (Å²) < 4.78 is 2.27. The highest BCUT2D eigenvalue weighted by molar-refractivity contribution is 6.34. The molecule has 2 aromatic heterocycles. The van der Waals surface area contributed by atoms with Crippen LogP contribution in [0.4, 0.5) is 0 Å². The summed E-state index contributed by atoms with van der Waals surface area (Å²) in [4.78, 5) is 0. The van der Waals surface area contributed by atoms with Crippen molar-refractivity contribution in [3.63, 3.8) is 0 Å². The average molecular weight is 246 g/mol. The third kappa shape index (κ3) is 1.54. The van der Waals surface area contributed by atoms with Gasteiger partial charge in [-0.2, -0.15) is 0 Å². The molecule has 0 unspecified atom stereocenters. The number of rotatable bonds is 1. The Morgan fingerprint density at radius 2 is 1.88 bits per heavy atom. The van der Waals surface area contributed by atoms with Crippen molar-refractivity contribution in [1.82, 2.24) is 9.78 Å². The number of nitrogens with zero attached hydrogens (tertiary/aromatic N) is 3. The molecule has 0 amide bonds. The van der Waals surface area contributed by atoms with E-state index in [1.165, 1.54) is 6.20 Å². The van der Waals surface area contributed by atoms with Gasteiger partial charge in [0, 0.05) is 0 Å². The van der Waals surface area contributed by atoms with Crippen LogP contribution >= 0.6 is 11.6 Å². The van der Waals surface area contributed by atoms with Crippen LogP contribution in [0.25, 0.3) is 16.7 Å². The maximum absolute atomic E-state index is 11.6. The zero-order valence-electron chi connectivity index (χ0n) is 8.75. The van der Waals surface area contributed by atoms with E-state index in [9.17, 15) is 5.21 Å². The van der Waals surface area contributed by atoms with E-state index < -0.39 is 0 Å². The van der Waals surface area contributed by atoms with Gasteiger partial charge in [0.2, 0.25) is 0 Å². The van der Waals surface area contributed by atoms with Crippen molar-refractivity contribution >= 4 is 22.6 Å². The van der Waals surface area contributed by atoms with Gasteiger partial charge in [-0.05, 0) is 24.3 Å². The summed E-state index contributed by atoms with van der Waals surface area (Å²) >= 11 is 6.21. The lowest BCUT2D eigenvalue weighted by Crippen LogP contribution is -2.26. The molecular weight excluding hydrogens is 238 g/mol. The Balaban J connectivity index is 2.32. The van der Waals surface area contributed by atoms with Gasteiger partial charge in [0.05, 0.1) is 17.0 Å². The number of aromatic nitrogens is 3. The largest absolute Gasteiger partial charge is 0.710 e. The van der Waals surface area contributed by atoms with Crippen LogP contribution in [0, 0.1) is 5.21 Å². The predicted octanol–water partition coefficient (Wildman–Crippen LogP) is 2.31. The lowest BCUT2D eigenvalue weighted by molar-refractivity contribution is -0.579. The minimum atomic E-state index is 0.321. The molecule has 0 fully saturated rings. The summed E-state index contributed by atoms with van der Waals surface area (Å²) in [5.74, 6) is 0. The van der Waals surface area contributed by atoms with Gasteiger partial charge in [-0.3, -0.25) is 0 Å². The van der Waals surface area contributed by atoms with E-state index in [1.54, 1.807) is 16.8 Å². The second-order valence-corrected chi connectivity index (χ2v) is 3.97. The van der Waals surface area contributed by atoms with E-state index in [4.69, 9.17) is 11.6 Å². The fourth-order valence-corrected chi connectivity index (χ4v) is 2.02. The molecule has 4 nitrogen and oxygen atoms in total. The van der Waals surface area contributed by atoms with Crippen molar-refractivity contribution in [2.45, 2.75) is 0 Å². The minimum absolute atomic E-state index is 0.321. The van der Waals surface area contributed by atoms with Crippen LogP contribution in [-0.2, 0) is 0 Å². The topological polar surface area (TPSA) is 44.8 Å². The summed E-state index contributed by atoms with van der Waals surface area (Å²) in [6.45, 7) is 0. The lowest BCUT2D eigenvalue weighted by atomic mass is 10.3. The summed E-state index contributed by atoms with van der Waals surface area (Å²) in [5.41, 5.74) is 1.15. The van der Waals surface area contributed by atoms with Crippen LogP contribution in [0.2, 0.25) is 5.15 Å². The van der Waals surface area contributed by atoms with Gasteiger partial charge in [0.1, 0.15) is 5.39 Å². The monoisotopic (exact) mass is 245 g/mol. The number of halogens is 1. The van der Waals surface area contributed by atoms with E-state index in [-0.39, 0.29) is 0 Å². The standard InChI is InChI=1S/C12H8ClN3O/c13-11-10-7-4-8-15(17)12(10)14-16(11)9-5-2-1-3-6-9/h1-8H. The van der Waals surface area contributed by atoms with Crippen molar-refractivity contribution in [2.75, 3.05) is 0 Å². The molecule has 0 saturated heterocycles. The molecular formula is C12H8ClN3O. The van der Waals surface area contributed by atoms with Crippen LogP contribution in [0.5, 0.6) is 0 Å². The number of para-hydroxylation sites is 1. The molecule has 1 aromatic carbocycles. The van der Waals surface area contributed by atoms with Crippen LogP contribution in [0.3, 0.4) is 0 Å². The second-order valence-electron chi connectivity index (χ2n) is 3.61. The molecule has 0 bridgehead atoms. The Hall–Kier alpha value is -2.07. The van der Waals surface area contributed by atoms with Crippen molar-refractivity contribution < 1.29 is 4.73 Å². The van der Waals surface area contributed by atoms with Crippen LogP contribution in [0.15, 0.2) is 48.7 Å². The molecule has 0 aliphatic rings. The number of hydrogen-bond donors (Lipinski definition) is 0. The van der Waals surface area contributed by atoms with E-state index in [2.05, 4.69) is 5.10 Å². The molecule has 0 aliphatic carbocycles. The maximum atomic E-state index is 11.6. The van der Waals surface area contributed by atoms with Gasteiger partial charge in [0.15, 0.2) is 5.15 Å².